The van der Waals surface area contributed by atoms with E-state index in [1.165, 1.54) is 0 Å². The average molecular weight is 343 g/mol. The molecule has 0 aromatic carbocycles. The zero-order valence-corrected chi connectivity index (χ0v) is 14.4. The van der Waals surface area contributed by atoms with Crippen molar-refractivity contribution in [3.05, 3.63) is 0 Å². The third-order valence-electron chi connectivity index (χ3n) is 4.91. The number of hydrogen-bond acceptors (Lipinski definition) is 4. The Morgan fingerprint density at radius 1 is 1.17 bits per heavy atom. The van der Waals surface area contributed by atoms with Gasteiger partial charge in [0, 0.05) is 5.92 Å². The van der Waals surface area contributed by atoms with Crippen LogP contribution in [0.15, 0.2) is 0 Å². The summed E-state index contributed by atoms with van der Waals surface area (Å²) in [5, 5.41) is 12.5. The fourth-order valence-electron chi connectivity index (χ4n) is 3.48. The van der Waals surface area contributed by atoms with Crippen LogP contribution in [-0.2, 0) is 9.59 Å². The lowest BCUT2D eigenvalue weighted by Crippen LogP contribution is -2.51. The van der Waals surface area contributed by atoms with E-state index in [-0.39, 0.29) is 30.1 Å². The number of carbonyl (C=O) groups is 2. The van der Waals surface area contributed by atoms with E-state index < -0.39 is 5.54 Å². The van der Waals surface area contributed by atoms with Crippen molar-refractivity contribution in [2.45, 2.75) is 56.9 Å². The summed E-state index contributed by atoms with van der Waals surface area (Å²) >= 11 is 0. The first-order valence-corrected chi connectivity index (χ1v) is 8.29. The molecule has 0 spiro atoms. The number of likely N-dealkylation sites (tertiary alicyclic amines) is 1. The molecule has 1 saturated heterocycles. The summed E-state index contributed by atoms with van der Waals surface area (Å²) in [5.41, 5.74) is 4.63. The molecule has 6 nitrogen and oxygen atoms in total. The molecule has 0 radical (unpaired) electrons. The Morgan fingerprint density at radius 3 is 2.22 bits per heavy atom. The summed E-state index contributed by atoms with van der Waals surface area (Å²) in [5.74, 6) is -0.390. The highest BCUT2D eigenvalue weighted by molar-refractivity contribution is 5.85. The van der Waals surface area contributed by atoms with Gasteiger partial charge in [0.15, 0.2) is 0 Å². The number of amides is 2. The van der Waals surface area contributed by atoms with Gasteiger partial charge in [-0.3, -0.25) is 14.5 Å². The molecule has 0 unspecified atom stereocenters. The molecule has 3 N–H and O–H groups in total. The van der Waals surface area contributed by atoms with Gasteiger partial charge in [-0.25, -0.2) is 0 Å². The summed E-state index contributed by atoms with van der Waals surface area (Å²) in [6.45, 7) is 1.72. The van der Waals surface area contributed by atoms with E-state index in [1.54, 1.807) is 0 Å². The number of rotatable bonds is 4. The number of piperidine rings is 1. The maximum Gasteiger partial charge on any atom is 0.235 e. The maximum absolute atomic E-state index is 12.3. The van der Waals surface area contributed by atoms with Crippen LogP contribution in [0.25, 0.3) is 0 Å². The van der Waals surface area contributed by atoms with Gasteiger partial charge in [0.25, 0.3) is 0 Å². The second-order valence-corrected chi connectivity index (χ2v) is 6.61. The first kappa shape index (κ1) is 19.7. The summed E-state index contributed by atoms with van der Waals surface area (Å²) in [4.78, 5) is 25.5. The number of carbonyl (C=O) groups excluding carboxylic acids is 2. The molecule has 0 atom stereocenters. The van der Waals surface area contributed by atoms with Crippen LogP contribution in [0, 0.1) is 17.2 Å². The van der Waals surface area contributed by atoms with Crippen molar-refractivity contribution in [1.29, 1.82) is 5.26 Å². The van der Waals surface area contributed by atoms with Crippen LogP contribution in [0.1, 0.15) is 51.4 Å². The Morgan fingerprint density at radius 2 is 1.74 bits per heavy atom. The number of primary amides is 1. The van der Waals surface area contributed by atoms with E-state index in [1.807, 2.05) is 4.90 Å². The average Bonchev–Trinajstić information content (AvgIpc) is 2.74. The predicted octanol–water partition coefficient (Wildman–Crippen LogP) is 1.34. The minimum absolute atomic E-state index is 0. The van der Waals surface area contributed by atoms with Crippen molar-refractivity contribution < 1.29 is 9.59 Å². The van der Waals surface area contributed by atoms with Crippen molar-refractivity contribution in [2.75, 3.05) is 19.6 Å². The maximum atomic E-state index is 12.3. The highest BCUT2D eigenvalue weighted by Crippen LogP contribution is 2.26. The summed E-state index contributed by atoms with van der Waals surface area (Å²) < 4.78 is 0. The van der Waals surface area contributed by atoms with E-state index in [4.69, 9.17) is 5.73 Å². The van der Waals surface area contributed by atoms with Gasteiger partial charge >= 0.3 is 0 Å². The SMILES string of the molecule is Cl.N#CC1(NC(=O)CN2CCC(C(N)=O)CC2)CCCCCC1. The Balaban J connectivity index is 0.00000264. The van der Waals surface area contributed by atoms with Gasteiger partial charge in [0.2, 0.25) is 11.8 Å². The predicted molar refractivity (Wildman–Crippen MR) is 89.8 cm³/mol. The molecular formula is C16H27ClN4O2. The van der Waals surface area contributed by atoms with Crippen LogP contribution in [0.5, 0.6) is 0 Å². The standard InChI is InChI=1S/C16H26N4O2.ClH/c17-12-16(7-3-1-2-4-8-16)19-14(21)11-20-9-5-13(6-10-20)15(18)22;/h13H,1-11H2,(H2,18,22)(H,19,21);1H. The number of nitrogens with one attached hydrogen (secondary N) is 1. The monoisotopic (exact) mass is 342 g/mol. The first-order valence-electron chi connectivity index (χ1n) is 8.29. The van der Waals surface area contributed by atoms with Crippen molar-refractivity contribution in [3.63, 3.8) is 0 Å². The lowest BCUT2D eigenvalue weighted by atomic mass is 9.91. The molecule has 1 aliphatic carbocycles. The number of halogens is 1. The molecule has 2 amide bonds. The van der Waals surface area contributed by atoms with Crippen LogP contribution in [0.3, 0.4) is 0 Å². The van der Waals surface area contributed by atoms with Crippen LogP contribution in [0.2, 0.25) is 0 Å². The molecular weight excluding hydrogens is 316 g/mol. The number of nitrogens with two attached hydrogens (primary N) is 1. The molecule has 1 heterocycles. The van der Waals surface area contributed by atoms with Gasteiger partial charge in [0.05, 0.1) is 12.6 Å². The number of nitriles is 1. The van der Waals surface area contributed by atoms with E-state index in [9.17, 15) is 14.9 Å². The zero-order chi connectivity index (χ0) is 16.0. The molecule has 1 aliphatic heterocycles. The molecule has 7 heteroatoms. The lowest BCUT2D eigenvalue weighted by molar-refractivity contribution is -0.125. The normalized spacial score (nSPS) is 22.2. The van der Waals surface area contributed by atoms with E-state index in [0.29, 0.717) is 32.5 Å². The van der Waals surface area contributed by atoms with Crippen molar-refractivity contribution >= 4 is 24.2 Å². The fraction of sp³-hybridized carbons (Fsp3) is 0.812. The topological polar surface area (TPSA) is 99.2 Å². The second kappa shape index (κ2) is 9.09. The Hall–Kier alpha value is -1.32. The van der Waals surface area contributed by atoms with Crippen LogP contribution >= 0.6 is 12.4 Å². The van der Waals surface area contributed by atoms with Crippen LogP contribution in [-0.4, -0.2) is 41.9 Å². The molecule has 0 aromatic rings. The van der Waals surface area contributed by atoms with Gasteiger partial charge in [0.1, 0.15) is 5.54 Å². The van der Waals surface area contributed by atoms with Gasteiger partial charge in [-0.15, -0.1) is 12.4 Å². The summed E-state index contributed by atoms with van der Waals surface area (Å²) in [7, 11) is 0. The second-order valence-electron chi connectivity index (χ2n) is 6.61. The van der Waals surface area contributed by atoms with Crippen LogP contribution < -0.4 is 11.1 Å². The lowest BCUT2D eigenvalue weighted by Gasteiger charge is -2.32. The molecule has 130 valence electrons. The van der Waals surface area contributed by atoms with Gasteiger partial charge in [-0.05, 0) is 38.8 Å². The quantitative estimate of drug-likeness (QED) is 0.753. The third kappa shape index (κ3) is 5.67. The molecule has 2 aliphatic rings. The van der Waals surface area contributed by atoms with Gasteiger partial charge in [-0.2, -0.15) is 5.26 Å². The smallest absolute Gasteiger partial charge is 0.235 e. The Bertz CT molecular complexity index is 447. The van der Waals surface area contributed by atoms with Crippen molar-refractivity contribution in [3.8, 4) is 6.07 Å². The summed E-state index contributed by atoms with van der Waals surface area (Å²) in [6.07, 6.45) is 7.20. The minimum Gasteiger partial charge on any atom is -0.369 e. The van der Waals surface area contributed by atoms with E-state index in [0.717, 1.165) is 38.5 Å². The highest BCUT2D eigenvalue weighted by Gasteiger charge is 2.33. The van der Waals surface area contributed by atoms with Crippen molar-refractivity contribution in [2.24, 2.45) is 11.7 Å². The molecule has 2 fully saturated rings. The van der Waals surface area contributed by atoms with Gasteiger partial charge in [-0.1, -0.05) is 25.7 Å². The molecule has 2 rings (SSSR count). The molecule has 23 heavy (non-hydrogen) atoms. The van der Waals surface area contributed by atoms with Crippen molar-refractivity contribution in [1.82, 2.24) is 10.2 Å². The molecule has 0 bridgehead atoms. The zero-order valence-electron chi connectivity index (χ0n) is 13.6. The Labute approximate surface area is 144 Å². The summed E-state index contributed by atoms with van der Waals surface area (Å²) in [6, 6.07) is 2.34. The molecule has 1 saturated carbocycles. The van der Waals surface area contributed by atoms with Gasteiger partial charge < -0.3 is 11.1 Å². The Kier molecular flexibility index (Phi) is 7.80. The van der Waals surface area contributed by atoms with E-state index in [2.05, 4.69) is 11.4 Å². The van der Waals surface area contributed by atoms with E-state index >= 15 is 0 Å². The number of nitrogens with zero attached hydrogens (tertiary/aromatic N) is 2. The minimum atomic E-state index is -0.681. The highest BCUT2D eigenvalue weighted by atomic mass is 35.5. The first-order chi connectivity index (χ1) is 10.5. The van der Waals surface area contributed by atoms with Crippen LogP contribution in [0.4, 0.5) is 0 Å². The largest absolute Gasteiger partial charge is 0.369 e. The number of hydrogen-bond donors (Lipinski definition) is 2. The molecule has 0 aromatic heterocycles. The fourth-order valence-corrected chi connectivity index (χ4v) is 3.48. The third-order valence-corrected chi connectivity index (χ3v) is 4.91.